The highest BCUT2D eigenvalue weighted by Gasteiger charge is 2.27. The van der Waals surface area contributed by atoms with Gasteiger partial charge in [-0.1, -0.05) is 27.7 Å². The van der Waals surface area contributed by atoms with Crippen molar-refractivity contribution in [2.75, 3.05) is 39.3 Å². The van der Waals surface area contributed by atoms with Gasteiger partial charge in [0, 0.05) is 39.3 Å². The van der Waals surface area contributed by atoms with Crippen molar-refractivity contribution in [1.29, 1.82) is 0 Å². The van der Waals surface area contributed by atoms with Gasteiger partial charge in [-0.3, -0.25) is 9.59 Å². The van der Waals surface area contributed by atoms with Gasteiger partial charge in [0.2, 0.25) is 0 Å². The van der Waals surface area contributed by atoms with Crippen LogP contribution in [0.25, 0.3) is 0 Å². The molecule has 1 heterocycles. The molecule has 0 unspecified atom stereocenters. The molecule has 1 N–H and O–H groups in total. The molecule has 0 aromatic carbocycles. The van der Waals surface area contributed by atoms with Gasteiger partial charge in [-0.25, -0.2) is 0 Å². The molecule has 1 rings (SSSR count). The minimum atomic E-state index is -0.330. The summed E-state index contributed by atoms with van der Waals surface area (Å²) in [4.78, 5) is 28.2. The molecular weight excluding hydrogens is 266 g/mol. The average molecular weight is 297 g/mol. The fraction of sp³-hybridized carbons (Fsp3) is 0.875. The van der Waals surface area contributed by atoms with E-state index in [-0.39, 0.29) is 11.8 Å². The SMILES string of the molecule is CC(C)CCN(CCC(C)C)C(=O)C(=O)N1CCNCC1. The van der Waals surface area contributed by atoms with Gasteiger partial charge in [0.1, 0.15) is 0 Å². The normalized spacial score (nSPS) is 15.6. The first-order chi connectivity index (χ1) is 9.91. The number of nitrogens with zero attached hydrogens (tertiary/aromatic N) is 2. The number of carbonyl (C=O) groups excluding carboxylic acids is 2. The van der Waals surface area contributed by atoms with E-state index in [0.717, 1.165) is 25.9 Å². The summed E-state index contributed by atoms with van der Waals surface area (Å²) in [6, 6.07) is 0. The molecule has 0 saturated carbocycles. The number of hydrogen-bond donors (Lipinski definition) is 1. The van der Waals surface area contributed by atoms with Crippen molar-refractivity contribution in [1.82, 2.24) is 15.1 Å². The molecule has 1 saturated heterocycles. The molecule has 0 aromatic heterocycles. The van der Waals surface area contributed by atoms with Gasteiger partial charge in [0.05, 0.1) is 0 Å². The second-order valence-electron chi connectivity index (χ2n) is 6.70. The third-order valence-electron chi connectivity index (χ3n) is 3.83. The van der Waals surface area contributed by atoms with Crippen molar-refractivity contribution in [2.24, 2.45) is 11.8 Å². The Morgan fingerprint density at radius 2 is 1.48 bits per heavy atom. The van der Waals surface area contributed by atoms with Crippen molar-refractivity contribution >= 4 is 11.8 Å². The fourth-order valence-electron chi connectivity index (χ4n) is 2.28. The zero-order valence-electron chi connectivity index (χ0n) is 14.0. The minimum absolute atomic E-state index is 0.321. The second-order valence-corrected chi connectivity index (χ2v) is 6.70. The van der Waals surface area contributed by atoms with Crippen molar-refractivity contribution in [3.05, 3.63) is 0 Å². The van der Waals surface area contributed by atoms with Crippen LogP contribution in [0.15, 0.2) is 0 Å². The molecule has 5 heteroatoms. The van der Waals surface area contributed by atoms with E-state index in [1.807, 2.05) is 0 Å². The topological polar surface area (TPSA) is 52.7 Å². The summed E-state index contributed by atoms with van der Waals surface area (Å²) in [5, 5.41) is 3.20. The first kappa shape index (κ1) is 18.0. The lowest BCUT2D eigenvalue weighted by molar-refractivity contribution is -0.152. The van der Waals surface area contributed by atoms with E-state index in [1.165, 1.54) is 0 Å². The summed E-state index contributed by atoms with van der Waals surface area (Å²) < 4.78 is 0. The van der Waals surface area contributed by atoms with Crippen LogP contribution in [-0.4, -0.2) is 60.9 Å². The standard InChI is InChI=1S/C16H31N3O2/c1-13(2)5-9-18(10-6-14(3)4)15(20)16(21)19-11-7-17-8-12-19/h13-14,17H,5-12H2,1-4H3. The Kier molecular flexibility index (Phi) is 7.72. The molecule has 0 bridgehead atoms. The molecular formula is C16H31N3O2. The largest absolute Gasteiger partial charge is 0.334 e. The van der Waals surface area contributed by atoms with E-state index < -0.39 is 0 Å². The Morgan fingerprint density at radius 1 is 1.00 bits per heavy atom. The molecule has 0 atom stereocenters. The lowest BCUT2D eigenvalue weighted by Gasteiger charge is -2.30. The van der Waals surface area contributed by atoms with Crippen LogP contribution in [0.5, 0.6) is 0 Å². The van der Waals surface area contributed by atoms with Crippen LogP contribution >= 0.6 is 0 Å². The smallest absolute Gasteiger partial charge is 0.312 e. The Morgan fingerprint density at radius 3 is 1.90 bits per heavy atom. The molecule has 1 fully saturated rings. The summed E-state index contributed by atoms with van der Waals surface area (Å²) in [5.74, 6) is 0.421. The van der Waals surface area contributed by atoms with Crippen LogP contribution < -0.4 is 5.32 Å². The van der Waals surface area contributed by atoms with Gasteiger partial charge in [-0.15, -0.1) is 0 Å². The number of carbonyl (C=O) groups is 2. The highest BCUT2D eigenvalue weighted by molar-refractivity contribution is 6.34. The zero-order chi connectivity index (χ0) is 15.8. The number of nitrogens with one attached hydrogen (secondary N) is 1. The predicted molar refractivity (Wildman–Crippen MR) is 84.9 cm³/mol. The van der Waals surface area contributed by atoms with Gasteiger partial charge in [-0.05, 0) is 24.7 Å². The Hall–Kier alpha value is -1.10. The zero-order valence-corrected chi connectivity index (χ0v) is 14.0. The Bertz CT molecular complexity index is 324. The summed E-state index contributed by atoms with van der Waals surface area (Å²) in [6.07, 6.45) is 1.89. The Labute approximate surface area is 129 Å². The van der Waals surface area contributed by atoms with Crippen LogP contribution in [0.3, 0.4) is 0 Å². The first-order valence-electron chi connectivity index (χ1n) is 8.20. The molecule has 1 aliphatic heterocycles. The predicted octanol–water partition coefficient (Wildman–Crippen LogP) is 1.34. The maximum absolute atomic E-state index is 12.5. The average Bonchev–Trinajstić information content (AvgIpc) is 2.46. The quantitative estimate of drug-likeness (QED) is 0.753. The fourth-order valence-corrected chi connectivity index (χ4v) is 2.28. The molecule has 1 aliphatic rings. The summed E-state index contributed by atoms with van der Waals surface area (Å²) >= 11 is 0. The van der Waals surface area contributed by atoms with Gasteiger partial charge < -0.3 is 15.1 Å². The van der Waals surface area contributed by atoms with Crippen LogP contribution in [0.2, 0.25) is 0 Å². The van der Waals surface area contributed by atoms with Crippen molar-refractivity contribution in [3.8, 4) is 0 Å². The highest BCUT2D eigenvalue weighted by atomic mass is 16.2. The molecule has 5 nitrogen and oxygen atoms in total. The lowest BCUT2D eigenvalue weighted by atomic mass is 10.1. The van der Waals surface area contributed by atoms with Gasteiger partial charge in [-0.2, -0.15) is 0 Å². The summed E-state index contributed by atoms with van der Waals surface area (Å²) in [6.45, 7) is 12.7. The second kappa shape index (κ2) is 9.03. The van der Waals surface area contributed by atoms with E-state index in [1.54, 1.807) is 9.80 Å². The van der Waals surface area contributed by atoms with E-state index in [9.17, 15) is 9.59 Å². The number of piperazine rings is 1. The van der Waals surface area contributed by atoms with Crippen LogP contribution in [0.1, 0.15) is 40.5 Å². The Balaban J connectivity index is 2.60. The minimum Gasteiger partial charge on any atom is -0.334 e. The van der Waals surface area contributed by atoms with Crippen LogP contribution in [-0.2, 0) is 9.59 Å². The lowest BCUT2D eigenvalue weighted by Crippen LogP contribution is -2.52. The third-order valence-corrected chi connectivity index (χ3v) is 3.83. The monoisotopic (exact) mass is 297 g/mol. The number of hydrogen-bond acceptors (Lipinski definition) is 3. The molecule has 122 valence electrons. The number of rotatable bonds is 6. The maximum atomic E-state index is 12.5. The number of amides is 2. The molecule has 0 spiro atoms. The van der Waals surface area contributed by atoms with Crippen molar-refractivity contribution in [3.63, 3.8) is 0 Å². The molecule has 0 aromatic rings. The van der Waals surface area contributed by atoms with Crippen molar-refractivity contribution in [2.45, 2.75) is 40.5 Å². The van der Waals surface area contributed by atoms with Gasteiger partial charge in [0.15, 0.2) is 0 Å². The van der Waals surface area contributed by atoms with Crippen LogP contribution in [0, 0.1) is 11.8 Å². The van der Waals surface area contributed by atoms with Crippen molar-refractivity contribution < 1.29 is 9.59 Å². The van der Waals surface area contributed by atoms with E-state index >= 15 is 0 Å². The van der Waals surface area contributed by atoms with E-state index in [0.29, 0.717) is 38.0 Å². The van der Waals surface area contributed by atoms with Gasteiger partial charge in [0.25, 0.3) is 0 Å². The van der Waals surface area contributed by atoms with Gasteiger partial charge >= 0.3 is 11.8 Å². The van der Waals surface area contributed by atoms with Crippen LogP contribution in [0.4, 0.5) is 0 Å². The summed E-state index contributed by atoms with van der Waals surface area (Å²) in [5.41, 5.74) is 0. The van der Waals surface area contributed by atoms with E-state index in [2.05, 4.69) is 33.0 Å². The van der Waals surface area contributed by atoms with E-state index in [4.69, 9.17) is 0 Å². The molecule has 0 radical (unpaired) electrons. The highest BCUT2D eigenvalue weighted by Crippen LogP contribution is 2.08. The maximum Gasteiger partial charge on any atom is 0.312 e. The molecule has 0 aliphatic carbocycles. The third kappa shape index (κ3) is 6.46. The molecule has 21 heavy (non-hydrogen) atoms. The summed E-state index contributed by atoms with van der Waals surface area (Å²) in [7, 11) is 0. The first-order valence-corrected chi connectivity index (χ1v) is 8.20. The molecule has 2 amide bonds.